The van der Waals surface area contributed by atoms with Gasteiger partial charge in [0.05, 0.1) is 11.3 Å². The highest BCUT2D eigenvalue weighted by Gasteiger charge is 2.30. The first kappa shape index (κ1) is 11.7. The Labute approximate surface area is 102 Å². The lowest BCUT2D eigenvalue weighted by Gasteiger charge is -2.22. The van der Waals surface area contributed by atoms with E-state index >= 15 is 0 Å². The van der Waals surface area contributed by atoms with Crippen molar-refractivity contribution < 1.29 is 4.79 Å². The van der Waals surface area contributed by atoms with Gasteiger partial charge in [-0.05, 0) is 30.0 Å². The summed E-state index contributed by atoms with van der Waals surface area (Å²) < 4.78 is 0. The van der Waals surface area contributed by atoms with Gasteiger partial charge in [0.25, 0.3) is 0 Å². The first-order valence-corrected chi connectivity index (χ1v) is 5.80. The van der Waals surface area contributed by atoms with E-state index in [9.17, 15) is 4.79 Å². The Morgan fingerprint density at radius 2 is 2.24 bits per heavy atom. The Kier molecular flexibility index (Phi) is 2.89. The molecule has 0 radical (unpaired) electrons. The fourth-order valence-corrected chi connectivity index (χ4v) is 2.31. The van der Waals surface area contributed by atoms with Crippen LogP contribution in [0.25, 0.3) is 0 Å². The van der Waals surface area contributed by atoms with E-state index in [1.165, 1.54) is 0 Å². The normalized spacial score (nSPS) is 17.8. The Morgan fingerprint density at radius 3 is 2.76 bits per heavy atom. The predicted octanol–water partition coefficient (Wildman–Crippen LogP) is 2.61. The quantitative estimate of drug-likeness (QED) is 0.731. The molecule has 17 heavy (non-hydrogen) atoms. The Morgan fingerprint density at radius 1 is 1.47 bits per heavy atom. The van der Waals surface area contributed by atoms with Crippen LogP contribution >= 0.6 is 0 Å². The summed E-state index contributed by atoms with van der Waals surface area (Å²) in [5.74, 6) is 0. The van der Waals surface area contributed by atoms with Gasteiger partial charge in [0.1, 0.15) is 12.4 Å². The standard InChI is InChI=1S/C14H16N2O/c1-14(2)5-6-16(10-14)13-4-3-11(9-17)7-12(13)8-15/h3-4,7,9H,5-6,10H2,1-2H3. The number of hydrogen-bond acceptors (Lipinski definition) is 3. The third-order valence-electron chi connectivity index (χ3n) is 3.30. The largest absolute Gasteiger partial charge is 0.370 e. The Hall–Kier alpha value is -1.82. The lowest BCUT2D eigenvalue weighted by Crippen LogP contribution is -2.23. The topological polar surface area (TPSA) is 44.1 Å². The van der Waals surface area contributed by atoms with Crippen LogP contribution in [0.15, 0.2) is 18.2 Å². The lowest BCUT2D eigenvalue weighted by atomic mass is 9.93. The molecule has 3 heteroatoms. The van der Waals surface area contributed by atoms with Gasteiger partial charge in [0.2, 0.25) is 0 Å². The molecular weight excluding hydrogens is 212 g/mol. The minimum absolute atomic E-state index is 0.302. The van der Waals surface area contributed by atoms with E-state index < -0.39 is 0 Å². The van der Waals surface area contributed by atoms with Gasteiger partial charge in [-0.2, -0.15) is 5.26 Å². The predicted molar refractivity (Wildman–Crippen MR) is 67.2 cm³/mol. The second-order valence-corrected chi connectivity index (χ2v) is 5.34. The third-order valence-corrected chi connectivity index (χ3v) is 3.30. The first-order chi connectivity index (χ1) is 8.05. The van der Waals surface area contributed by atoms with Crippen molar-refractivity contribution in [2.45, 2.75) is 20.3 Å². The van der Waals surface area contributed by atoms with Crippen molar-refractivity contribution in [1.82, 2.24) is 0 Å². The van der Waals surface area contributed by atoms with Gasteiger partial charge in [0, 0.05) is 18.7 Å². The number of nitrogens with zero attached hydrogens (tertiary/aromatic N) is 2. The van der Waals surface area contributed by atoms with Crippen LogP contribution in [0.3, 0.4) is 0 Å². The maximum Gasteiger partial charge on any atom is 0.150 e. The molecule has 3 nitrogen and oxygen atoms in total. The molecule has 1 aliphatic heterocycles. The molecule has 1 aliphatic rings. The maximum absolute atomic E-state index is 10.7. The van der Waals surface area contributed by atoms with Gasteiger partial charge in [-0.15, -0.1) is 0 Å². The number of anilines is 1. The zero-order chi connectivity index (χ0) is 12.5. The van der Waals surface area contributed by atoms with Crippen molar-refractivity contribution in [2.24, 2.45) is 5.41 Å². The molecule has 0 aliphatic carbocycles. The van der Waals surface area contributed by atoms with Crippen LogP contribution in [0.5, 0.6) is 0 Å². The van der Waals surface area contributed by atoms with E-state index in [1.54, 1.807) is 12.1 Å². The van der Waals surface area contributed by atoms with Crippen LogP contribution in [0.2, 0.25) is 0 Å². The van der Waals surface area contributed by atoms with Crippen molar-refractivity contribution in [2.75, 3.05) is 18.0 Å². The molecule has 0 N–H and O–H groups in total. The second-order valence-electron chi connectivity index (χ2n) is 5.34. The van der Waals surface area contributed by atoms with Crippen molar-refractivity contribution >= 4 is 12.0 Å². The zero-order valence-corrected chi connectivity index (χ0v) is 10.2. The van der Waals surface area contributed by atoms with E-state index in [-0.39, 0.29) is 0 Å². The zero-order valence-electron chi connectivity index (χ0n) is 10.2. The smallest absolute Gasteiger partial charge is 0.150 e. The maximum atomic E-state index is 10.7. The van der Waals surface area contributed by atoms with Crippen LogP contribution in [-0.4, -0.2) is 19.4 Å². The monoisotopic (exact) mass is 228 g/mol. The molecule has 0 bridgehead atoms. The SMILES string of the molecule is CC1(C)CCN(c2ccc(C=O)cc2C#N)C1. The van der Waals surface area contributed by atoms with E-state index in [0.29, 0.717) is 16.5 Å². The van der Waals surface area contributed by atoms with Gasteiger partial charge >= 0.3 is 0 Å². The number of rotatable bonds is 2. The number of carbonyl (C=O) groups excluding carboxylic acids is 1. The molecule has 1 heterocycles. The molecule has 0 aromatic heterocycles. The van der Waals surface area contributed by atoms with E-state index in [0.717, 1.165) is 31.5 Å². The van der Waals surface area contributed by atoms with E-state index in [2.05, 4.69) is 24.8 Å². The van der Waals surface area contributed by atoms with Gasteiger partial charge in [-0.25, -0.2) is 0 Å². The molecule has 0 spiro atoms. The number of aldehydes is 1. The minimum Gasteiger partial charge on any atom is -0.370 e. The third kappa shape index (κ3) is 2.31. The molecule has 0 atom stereocenters. The minimum atomic E-state index is 0.302. The van der Waals surface area contributed by atoms with Gasteiger partial charge in [-0.3, -0.25) is 4.79 Å². The molecule has 1 saturated heterocycles. The summed E-state index contributed by atoms with van der Waals surface area (Å²) in [5.41, 5.74) is 2.40. The number of carbonyl (C=O) groups is 1. The van der Waals surface area contributed by atoms with Gasteiger partial charge < -0.3 is 4.90 Å². The molecule has 0 unspecified atom stereocenters. The molecule has 1 fully saturated rings. The summed E-state index contributed by atoms with van der Waals surface area (Å²) in [7, 11) is 0. The highest BCUT2D eigenvalue weighted by Crippen LogP contribution is 2.34. The molecule has 2 rings (SSSR count). The van der Waals surface area contributed by atoms with Crippen LogP contribution in [-0.2, 0) is 0 Å². The molecular formula is C14H16N2O. The van der Waals surface area contributed by atoms with Crippen LogP contribution in [0.1, 0.15) is 36.2 Å². The van der Waals surface area contributed by atoms with E-state index in [4.69, 9.17) is 5.26 Å². The number of hydrogen-bond donors (Lipinski definition) is 0. The summed E-state index contributed by atoms with van der Waals surface area (Å²) >= 11 is 0. The fourth-order valence-electron chi connectivity index (χ4n) is 2.31. The average Bonchev–Trinajstić information content (AvgIpc) is 2.68. The number of nitriles is 1. The lowest BCUT2D eigenvalue weighted by molar-refractivity contribution is 0.112. The van der Waals surface area contributed by atoms with Crippen molar-refractivity contribution in [1.29, 1.82) is 5.26 Å². The van der Waals surface area contributed by atoms with Crippen molar-refractivity contribution in [3.63, 3.8) is 0 Å². The molecule has 1 aromatic rings. The Balaban J connectivity index is 2.34. The molecule has 88 valence electrons. The Bertz CT molecular complexity index is 485. The summed E-state index contributed by atoms with van der Waals surface area (Å²) in [6, 6.07) is 7.49. The number of benzene rings is 1. The van der Waals surface area contributed by atoms with E-state index in [1.807, 2.05) is 6.07 Å². The molecule has 1 aromatic carbocycles. The van der Waals surface area contributed by atoms with Gasteiger partial charge in [-0.1, -0.05) is 13.8 Å². The van der Waals surface area contributed by atoms with Crippen molar-refractivity contribution in [3.05, 3.63) is 29.3 Å². The van der Waals surface area contributed by atoms with Crippen molar-refractivity contribution in [3.8, 4) is 6.07 Å². The van der Waals surface area contributed by atoms with Gasteiger partial charge in [0.15, 0.2) is 0 Å². The molecule has 0 saturated carbocycles. The highest BCUT2D eigenvalue weighted by atomic mass is 16.1. The highest BCUT2D eigenvalue weighted by molar-refractivity contribution is 5.78. The fraction of sp³-hybridized carbons (Fsp3) is 0.429. The summed E-state index contributed by atoms with van der Waals surface area (Å²) in [5, 5.41) is 9.14. The first-order valence-electron chi connectivity index (χ1n) is 5.80. The summed E-state index contributed by atoms with van der Waals surface area (Å²) in [6.07, 6.45) is 1.91. The summed E-state index contributed by atoms with van der Waals surface area (Å²) in [6.45, 7) is 6.40. The van der Waals surface area contributed by atoms with Crippen LogP contribution < -0.4 is 4.90 Å². The average molecular weight is 228 g/mol. The van der Waals surface area contributed by atoms with Crippen LogP contribution in [0.4, 0.5) is 5.69 Å². The van der Waals surface area contributed by atoms with Crippen LogP contribution in [0, 0.1) is 16.7 Å². The summed E-state index contributed by atoms with van der Waals surface area (Å²) in [4.78, 5) is 12.9. The second kappa shape index (κ2) is 4.21. The molecule has 0 amide bonds.